The van der Waals surface area contributed by atoms with Crippen molar-refractivity contribution in [3.05, 3.63) is 23.8 Å². The number of ether oxygens (including phenoxy) is 1. The molecule has 6 heteroatoms. The summed E-state index contributed by atoms with van der Waals surface area (Å²) in [4.78, 5) is 23.5. The lowest BCUT2D eigenvalue weighted by Gasteiger charge is -2.23. The van der Waals surface area contributed by atoms with Crippen LogP contribution in [0.2, 0.25) is 0 Å². The van der Waals surface area contributed by atoms with Crippen LogP contribution in [0.25, 0.3) is 0 Å². The van der Waals surface area contributed by atoms with Crippen LogP contribution in [0.3, 0.4) is 0 Å². The molecule has 0 saturated carbocycles. The van der Waals surface area contributed by atoms with E-state index in [0.29, 0.717) is 16.9 Å². The zero-order chi connectivity index (χ0) is 14.6. The van der Waals surface area contributed by atoms with E-state index in [1.54, 1.807) is 39.0 Å². The van der Waals surface area contributed by atoms with Crippen LogP contribution >= 0.6 is 12.2 Å². The smallest absolute Gasteiger partial charge is 0.408 e. The monoisotopic (exact) mass is 283 g/mol. The van der Waals surface area contributed by atoms with E-state index in [4.69, 9.17) is 17.0 Å². The maximum absolute atomic E-state index is 11.6. The summed E-state index contributed by atoms with van der Waals surface area (Å²) < 4.78 is 5.04. The first-order valence-electron chi connectivity index (χ1n) is 5.82. The number of hydrogen-bond donors (Lipinski definition) is 2. The van der Waals surface area contributed by atoms with Gasteiger partial charge in [-0.2, -0.15) is 0 Å². The van der Waals surface area contributed by atoms with Crippen LogP contribution in [0.1, 0.15) is 27.2 Å². The summed E-state index contributed by atoms with van der Waals surface area (Å²) in [5.74, 6) is -1.16. The van der Waals surface area contributed by atoms with Gasteiger partial charge in [0.15, 0.2) is 6.04 Å². The molecule has 0 fully saturated rings. The topological polar surface area (TPSA) is 75.6 Å². The first-order valence-corrected chi connectivity index (χ1v) is 6.23. The number of nitrogens with one attached hydrogen (secondary N) is 1. The molecule has 104 valence electrons. The molecule has 0 saturated heterocycles. The molecule has 0 aromatic rings. The quantitative estimate of drug-likeness (QED) is 0.777. The van der Waals surface area contributed by atoms with Gasteiger partial charge < -0.3 is 15.2 Å². The Balaban J connectivity index is 2.80. The van der Waals surface area contributed by atoms with E-state index in [2.05, 4.69) is 5.32 Å². The highest BCUT2D eigenvalue weighted by molar-refractivity contribution is 7.80. The lowest BCUT2D eigenvalue weighted by molar-refractivity contribution is -0.138. The van der Waals surface area contributed by atoms with Crippen molar-refractivity contribution < 1.29 is 19.4 Å². The van der Waals surface area contributed by atoms with E-state index >= 15 is 0 Å². The van der Waals surface area contributed by atoms with Gasteiger partial charge in [0, 0.05) is 11.3 Å². The van der Waals surface area contributed by atoms with Crippen LogP contribution in [-0.4, -0.2) is 33.7 Å². The molecule has 2 N–H and O–H groups in total. The van der Waals surface area contributed by atoms with Gasteiger partial charge in [-0.05, 0) is 32.4 Å². The summed E-state index contributed by atoms with van der Waals surface area (Å²) in [7, 11) is 0. The fourth-order valence-corrected chi connectivity index (χ4v) is 1.73. The number of hydrogen-bond acceptors (Lipinski definition) is 4. The van der Waals surface area contributed by atoms with Crippen molar-refractivity contribution in [2.45, 2.75) is 38.8 Å². The van der Waals surface area contributed by atoms with Gasteiger partial charge >= 0.3 is 12.1 Å². The number of rotatable bonds is 3. The minimum absolute atomic E-state index is 0.439. The fraction of sp³-hybridized carbons (Fsp3) is 0.462. The maximum Gasteiger partial charge on any atom is 0.408 e. The zero-order valence-electron chi connectivity index (χ0n) is 11.1. The normalized spacial score (nSPS) is 16.6. The van der Waals surface area contributed by atoms with E-state index in [1.807, 2.05) is 0 Å². The molecule has 0 unspecified atom stereocenters. The molecule has 5 nitrogen and oxygen atoms in total. The van der Waals surface area contributed by atoms with Crippen LogP contribution in [0.5, 0.6) is 0 Å². The molecule has 0 heterocycles. The summed E-state index contributed by atoms with van der Waals surface area (Å²) in [6, 6.07) is -1.16. The summed E-state index contributed by atoms with van der Waals surface area (Å²) in [5.41, 5.74) is -0.242. The van der Waals surface area contributed by atoms with Gasteiger partial charge in [-0.15, -0.1) is 0 Å². The summed E-state index contributed by atoms with van der Waals surface area (Å²) in [6.07, 6.45) is 4.84. The van der Waals surface area contributed by atoms with Crippen molar-refractivity contribution in [1.82, 2.24) is 5.32 Å². The minimum Gasteiger partial charge on any atom is -0.479 e. The molecular formula is C13H17NO4S. The number of alkyl carbamates (subject to hydrolysis) is 1. The average Bonchev–Trinajstić information content (AvgIpc) is 2.23. The Hall–Kier alpha value is -1.69. The van der Waals surface area contributed by atoms with Gasteiger partial charge in [0.05, 0.1) is 0 Å². The van der Waals surface area contributed by atoms with E-state index in [-0.39, 0.29) is 0 Å². The SMILES string of the molecule is CC(C)(C)OC(=O)N[C@H](C(=O)O)C1=CC(=S)CC=C1. The Kier molecular flexibility index (Phi) is 4.83. The van der Waals surface area contributed by atoms with Crippen molar-refractivity contribution in [1.29, 1.82) is 0 Å². The highest BCUT2D eigenvalue weighted by atomic mass is 32.1. The zero-order valence-corrected chi connectivity index (χ0v) is 11.9. The first kappa shape index (κ1) is 15.4. The molecule has 0 spiro atoms. The molecule has 1 atom stereocenters. The molecule has 0 aliphatic heterocycles. The Morgan fingerprint density at radius 2 is 2.11 bits per heavy atom. The van der Waals surface area contributed by atoms with E-state index in [0.717, 1.165) is 0 Å². The number of carboxylic acids is 1. The van der Waals surface area contributed by atoms with Crippen molar-refractivity contribution in [3.63, 3.8) is 0 Å². The lowest BCUT2D eigenvalue weighted by Crippen LogP contribution is -2.44. The van der Waals surface area contributed by atoms with Gasteiger partial charge in [0.25, 0.3) is 0 Å². The largest absolute Gasteiger partial charge is 0.479 e. The van der Waals surface area contributed by atoms with Gasteiger partial charge in [-0.3, -0.25) is 0 Å². The van der Waals surface area contributed by atoms with Crippen LogP contribution in [0.15, 0.2) is 23.8 Å². The van der Waals surface area contributed by atoms with Crippen LogP contribution in [-0.2, 0) is 9.53 Å². The van der Waals surface area contributed by atoms with E-state index < -0.39 is 23.7 Å². The fourth-order valence-electron chi connectivity index (χ4n) is 1.50. The second-order valence-corrected chi connectivity index (χ2v) is 5.66. The third kappa shape index (κ3) is 5.21. The number of allylic oxidation sites excluding steroid dienone is 2. The van der Waals surface area contributed by atoms with E-state index in [1.165, 1.54) is 0 Å². The van der Waals surface area contributed by atoms with Gasteiger partial charge in [0.1, 0.15) is 5.60 Å². The Morgan fingerprint density at radius 1 is 1.47 bits per heavy atom. The summed E-state index contributed by atoms with van der Waals surface area (Å²) in [5, 5.41) is 11.5. The maximum atomic E-state index is 11.6. The molecule has 0 aromatic carbocycles. The predicted molar refractivity (Wildman–Crippen MR) is 75.2 cm³/mol. The number of thiocarbonyl (C=S) groups is 1. The molecule has 0 aromatic heterocycles. The standard InChI is InChI=1S/C13H17NO4S/c1-13(2,3)18-12(17)14-10(11(15)16)8-5-4-6-9(19)7-8/h4-5,7,10H,6H2,1-3H3,(H,14,17)(H,15,16)/t10-/m0/s1. The molecule has 0 bridgehead atoms. The third-order valence-corrected chi connectivity index (χ3v) is 2.48. The Bertz CT molecular complexity index is 460. The van der Waals surface area contributed by atoms with Crippen molar-refractivity contribution in [2.75, 3.05) is 0 Å². The van der Waals surface area contributed by atoms with Gasteiger partial charge in [0.2, 0.25) is 0 Å². The van der Waals surface area contributed by atoms with Crippen molar-refractivity contribution >= 4 is 29.1 Å². The molecule has 19 heavy (non-hydrogen) atoms. The Labute approximate surface area is 117 Å². The predicted octanol–water partition coefficient (Wildman–Crippen LogP) is 2.22. The average molecular weight is 283 g/mol. The number of aliphatic carboxylic acids is 1. The molecule has 1 aliphatic carbocycles. The highest BCUT2D eigenvalue weighted by Gasteiger charge is 2.26. The second-order valence-electron chi connectivity index (χ2n) is 5.13. The number of carbonyl (C=O) groups excluding carboxylic acids is 1. The van der Waals surface area contributed by atoms with Gasteiger partial charge in [-0.1, -0.05) is 24.4 Å². The highest BCUT2D eigenvalue weighted by Crippen LogP contribution is 2.14. The summed E-state index contributed by atoms with van der Waals surface area (Å²) in [6.45, 7) is 5.12. The van der Waals surface area contributed by atoms with Crippen LogP contribution in [0, 0.1) is 0 Å². The molecule has 1 amide bonds. The molecule has 1 rings (SSSR count). The summed E-state index contributed by atoms with van der Waals surface area (Å²) >= 11 is 5.03. The minimum atomic E-state index is -1.16. The van der Waals surface area contributed by atoms with Crippen LogP contribution in [0.4, 0.5) is 4.79 Å². The third-order valence-electron chi connectivity index (χ3n) is 2.20. The number of amides is 1. The molecule has 0 radical (unpaired) electrons. The Morgan fingerprint density at radius 3 is 2.58 bits per heavy atom. The van der Waals surface area contributed by atoms with Crippen molar-refractivity contribution in [3.8, 4) is 0 Å². The second kappa shape index (κ2) is 5.97. The van der Waals surface area contributed by atoms with Crippen LogP contribution < -0.4 is 5.32 Å². The molecular weight excluding hydrogens is 266 g/mol. The van der Waals surface area contributed by atoms with E-state index in [9.17, 15) is 14.7 Å². The number of carboxylic acid groups (broad SMARTS) is 1. The molecule has 1 aliphatic rings. The van der Waals surface area contributed by atoms with Gasteiger partial charge in [-0.25, -0.2) is 9.59 Å². The first-order chi connectivity index (χ1) is 8.69. The van der Waals surface area contributed by atoms with Crippen molar-refractivity contribution in [2.24, 2.45) is 0 Å². The lowest BCUT2D eigenvalue weighted by atomic mass is 10.0. The number of carbonyl (C=O) groups is 2.